The molecule has 0 saturated heterocycles. The monoisotopic (exact) mass is 357 g/mol. The quantitative estimate of drug-likeness (QED) is 0.245. The van der Waals surface area contributed by atoms with E-state index in [1.807, 2.05) is 24.5 Å². The number of fused-ring (bicyclic) bond motifs is 2. The highest BCUT2D eigenvalue weighted by Crippen LogP contribution is 2.27. The summed E-state index contributed by atoms with van der Waals surface area (Å²) in [7, 11) is 0. The molecule has 132 valence electrons. The second-order valence-electron chi connectivity index (χ2n) is 6.96. The average Bonchev–Trinajstić information content (AvgIpc) is 2.77. The second kappa shape index (κ2) is 7.13. The first-order valence-corrected chi connectivity index (χ1v) is 9.47. The van der Waals surface area contributed by atoms with E-state index < -0.39 is 0 Å². The minimum absolute atomic E-state index is 1.19. The lowest BCUT2D eigenvalue weighted by Gasteiger charge is -2.06. The van der Waals surface area contributed by atoms with Crippen molar-refractivity contribution >= 4 is 33.7 Å². The molecule has 28 heavy (non-hydrogen) atoms. The minimum atomic E-state index is 1.19. The number of nitrogens with zero attached hydrogens (tertiary/aromatic N) is 1. The van der Waals surface area contributed by atoms with Crippen LogP contribution in [0.1, 0.15) is 11.1 Å². The van der Waals surface area contributed by atoms with Crippen LogP contribution in [0.2, 0.25) is 0 Å². The molecule has 1 heteroatoms. The van der Waals surface area contributed by atoms with Gasteiger partial charge in [0, 0.05) is 12.4 Å². The normalized spacial score (nSPS) is 11.4. The molecule has 0 aliphatic carbocycles. The molecule has 0 radical (unpaired) electrons. The first kappa shape index (κ1) is 16.5. The second-order valence-corrected chi connectivity index (χ2v) is 6.96. The highest BCUT2D eigenvalue weighted by molar-refractivity contribution is 6.02. The van der Waals surface area contributed by atoms with Crippen molar-refractivity contribution in [3.05, 3.63) is 115 Å². The van der Waals surface area contributed by atoms with Crippen molar-refractivity contribution in [2.45, 2.75) is 0 Å². The third-order valence-corrected chi connectivity index (χ3v) is 5.16. The van der Waals surface area contributed by atoms with E-state index in [1.54, 1.807) is 0 Å². The molecular weight excluding hydrogens is 338 g/mol. The van der Waals surface area contributed by atoms with E-state index in [0.29, 0.717) is 0 Å². The van der Waals surface area contributed by atoms with Crippen LogP contribution in [0, 0.1) is 0 Å². The van der Waals surface area contributed by atoms with Gasteiger partial charge in [-0.1, -0.05) is 78.9 Å². The Morgan fingerprint density at radius 3 is 2.00 bits per heavy atom. The fraction of sp³-hybridized carbons (Fsp3) is 0. The molecule has 0 bridgehead atoms. The molecule has 0 saturated carbocycles. The van der Waals surface area contributed by atoms with Crippen LogP contribution in [-0.4, -0.2) is 4.98 Å². The maximum Gasteiger partial charge on any atom is 0.0273 e. The Labute approximate surface area is 164 Å². The van der Waals surface area contributed by atoms with Crippen molar-refractivity contribution in [3.63, 3.8) is 0 Å². The molecule has 0 amide bonds. The number of pyridine rings is 1. The molecule has 1 aromatic heterocycles. The van der Waals surface area contributed by atoms with Gasteiger partial charge in [0.15, 0.2) is 0 Å². The molecule has 0 N–H and O–H groups in total. The van der Waals surface area contributed by atoms with Crippen LogP contribution in [0.25, 0.3) is 44.8 Å². The zero-order chi connectivity index (χ0) is 18.8. The van der Waals surface area contributed by atoms with Gasteiger partial charge in [-0.25, -0.2) is 0 Å². The molecule has 4 aromatic carbocycles. The third-order valence-electron chi connectivity index (χ3n) is 5.16. The van der Waals surface area contributed by atoms with E-state index in [9.17, 15) is 0 Å². The van der Waals surface area contributed by atoms with Gasteiger partial charge in [0.25, 0.3) is 0 Å². The molecule has 1 nitrogen and oxygen atoms in total. The molecule has 0 fully saturated rings. The number of aromatic nitrogens is 1. The Bertz CT molecular complexity index is 1280. The van der Waals surface area contributed by atoms with Crippen molar-refractivity contribution in [1.29, 1.82) is 0 Å². The molecule has 1 heterocycles. The summed E-state index contributed by atoms with van der Waals surface area (Å²) < 4.78 is 0. The highest BCUT2D eigenvalue weighted by atomic mass is 14.6. The largest absolute Gasteiger partial charge is 0.265 e. The van der Waals surface area contributed by atoms with Crippen LogP contribution < -0.4 is 0 Å². The molecule has 0 spiro atoms. The van der Waals surface area contributed by atoms with Gasteiger partial charge in [-0.05, 0) is 68.1 Å². The van der Waals surface area contributed by atoms with Gasteiger partial charge < -0.3 is 0 Å². The van der Waals surface area contributed by atoms with Gasteiger partial charge >= 0.3 is 0 Å². The lowest BCUT2D eigenvalue weighted by Crippen LogP contribution is -1.81. The van der Waals surface area contributed by atoms with Gasteiger partial charge in [0.1, 0.15) is 0 Å². The third kappa shape index (κ3) is 3.19. The van der Waals surface area contributed by atoms with Crippen LogP contribution in [0.5, 0.6) is 0 Å². The molecule has 0 aliphatic heterocycles. The number of benzene rings is 4. The van der Waals surface area contributed by atoms with Crippen LogP contribution >= 0.6 is 0 Å². The molecular formula is C27H19N. The Balaban J connectivity index is 1.49. The summed E-state index contributed by atoms with van der Waals surface area (Å²) in [4.78, 5) is 4.08. The summed E-state index contributed by atoms with van der Waals surface area (Å²) in [5.41, 5.74) is 4.82. The molecule has 0 aliphatic rings. The summed E-state index contributed by atoms with van der Waals surface area (Å²) in [6.45, 7) is 0. The average molecular weight is 357 g/mol. The predicted octanol–water partition coefficient (Wildman–Crippen LogP) is 7.23. The predicted molar refractivity (Wildman–Crippen MR) is 120 cm³/mol. The molecule has 0 unspecified atom stereocenters. The summed E-state index contributed by atoms with van der Waals surface area (Å²) in [6, 6.07) is 32.3. The van der Waals surface area contributed by atoms with Crippen LogP contribution in [0.3, 0.4) is 0 Å². The van der Waals surface area contributed by atoms with E-state index in [-0.39, 0.29) is 0 Å². The van der Waals surface area contributed by atoms with E-state index in [2.05, 4.69) is 96.0 Å². The SMILES string of the molecule is C(=C\c1cccc2cc3ccccc3cc12)/c1ccc(-c2ccncc2)cc1. The zero-order valence-electron chi connectivity index (χ0n) is 15.4. The van der Waals surface area contributed by atoms with Crippen LogP contribution in [0.4, 0.5) is 0 Å². The fourth-order valence-corrected chi connectivity index (χ4v) is 3.65. The summed E-state index contributed by atoms with van der Waals surface area (Å²) >= 11 is 0. The highest BCUT2D eigenvalue weighted by Gasteiger charge is 2.01. The van der Waals surface area contributed by atoms with Gasteiger partial charge in [-0.3, -0.25) is 4.98 Å². The number of hydrogen-bond donors (Lipinski definition) is 0. The van der Waals surface area contributed by atoms with Crippen molar-refractivity contribution in [1.82, 2.24) is 4.98 Å². The van der Waals surface area contributed by atoms with Crippen molar-refractivity contribution in [2.24, 2.45) is 0 Å². The minimum Gasteiger partial charge on any atom is -0.265 e. The van der Waals surface area contributed by atoms with E-state index >= 15 is 0 Å². The van der Waals surface area contributed by atoms with Crippen LogP contribution in [-0.2, 0) is 0 Å². The first-order valence-electron chi connectivity index (χ1n) is 9.47. The van der Waals surface area contributed by atoms with E-state index in [1.165, 1.54) is 43.8 Å². The summed E-state index contributed by atoms with van der Waals surface area (Å²) in [5, 5.41) is 5.11. The van der Waals surface area contributed by atoms with Crippen molar-refractivity contribution < 1.29 is 0 Å². The maximum absolute atomic E-state index is 4.08. The Morgan fingerprint density at radius 2 is 1.21 bits per heavy atom. The van der Waals surface area contributed by atoms with E-state index in [0.717, 1.165) is 0 Å². The van der Waals surface area contributed by atoms with Gasteiger partial charge in [-0.2, -0.15) is 0 Å². The zero-order valence-corrected chi connectivity index (χ0v) is 15.4. The van der Waals surface area contributed by atoms with Gasteiger partial charge in [0.05, 0.1) is 0 Å². The van der Waals surface area contributed by atoms with Crippen molar-refractivity contribution in [2.75, 3.05) is 0 Å². The summed E-state index contributed by atoms with van der Waals surface area (Å²) in [6.07, 6.45) is 8.04. The summed E-state index contributed by atoms with van der Waals surface area (Å²) in [5.74, 6) is 0. The number of hydrogen-bond acceptors (Lipinski definition) is 1. The Morgan fingerprint density at radius 1 is 0.536 bits per heavy atom. The molecule has 5 aromatic rings. The Hall–Kier alpha value is -3.71. The maximum atomic E-state index is 4.08. The van der Waals surface area contributed by atoms with Crippen molar-refractivity contribution in [3.8, 4) is 11.1 Å². The van der Waals surface area contributed by atoms with Gasteiger partial charge in [-0.15, -0.1) is 0 Å². The Kier molecular flexibility index (Phi) is 4.19. The van der Waals surface area contributed by atoms with E-state index in [4.69, 9.17) is 0 Å². The molecule has 5 rings (SSSR count). The standard InChI is InChI=1S/C27H19N/c1-2-5-25-19-27-23(6-3-7-26(27)18-24(25)4-1)13-10-20-8-11-21(12-9-20)22-14-16-28-17-15-22/h1-19H/b13-10+. The first-order chi connectivity index (χ1) is 13.9. The smallest absolute Gasteiger partial charge is 0.0273 e. The molecule has 0 atom stereocenters. The fourth-order valence-electron chi connectivity index (χ4n) is 3.65. The lowest BCUT2D eigenvalue weighted by molar-refractivity contribution is 1.33. The van der Waals surface area contributed by atoms with Gasteiger partial charge in [0.2, 0.25) is 0 Å². The number of rotatable bonds is 3. The topological polar surface area (TPSA) is 12.9 Å². The lowest BCUT2D eigenvalue weighted by atomic mass is 9.99. The van der Waals surface area contributed by atoms with Crippen LogP contribution in [0.15, 0.2) is 103 Å².